The number of hydrogen-bond donors (Lipinski definition) is 1. The minimum atomic E-state index is -0.115. The fraction of sp³-hybridized carbons (Fsp3) is 0.842. The molecule has 2 saturated heterocycles. The smallest absolute Gasteiger partial charge is 0.220 e. The summed E-state index contributed by atoms with van der Waals surface area (Å²) in [6, 6.07) is 0. The zero-order chi connectivity index (χ0) is 17.5. The third-order valence-corrected chi connectivity index (χ3v) is 5.95. The van der Waals surface area contributed by atoms with Crippen LogP contribution in [-0.4, -0.2) is 97.6 Å². The van der Waals surface area contributed by atoms with E-state index in [-0.39, 0.29) is 11.8 Å². The highest BCUT2D eigenvalue weighted by molar-refractivity contribution is 5.76. The van der Waals surface area contributed by atoms with Crippen molar-refractivity contribution >= 4 is 5.91 Å². The van der Waals surface area contributed by atoms with Gasteiger partial charge in [0.1, 0.15) is 0 Å². The van der Waals surface area contributed by atoms with E-state index in [1.807, 2.05) is 0 Å². The Kier molecular flexibility index (Phi) is 7.28. The number of amides is 1. The maximum atomic E-state index is 11.2. The number of carbonyl (C=O) groups excluding carboxylic acids is 1. The molecular formula is C19H35N5O. The monoisotopic (exact) mass is 349 g/mol. The van der Waals surface area contributed by atoms with E-state index in [1.165, 1.54) is 45.6 Å². The Bertz CT molecular complexity index is 447. The molecule has 3 aliphatic heterocycles. The van der Waals surface area contributed by atoms with E-state index in [9.17, 15) is 4.79 Å². The molecule has 0 spiro atoms. The van der Waals surface area contributed by atoms with E-state index in [1.54, 1.807) is 0 Å². The summed E-state index contributed by atoms with van der Waals surface area (Å²) >= 11 is 0. The summed E-state index contributed by atoms with van der Waals surface area (Å²) in [5, 5.41) is 0. The Morgan fingerprint density at radius 1 is 0.840 bits per heavy atom. The molecule has 2 N–H and O–H groups in total. The van der Waals surface area contributed by atoms with Crippen LogP contribution in [0.15, 0.2) is 12.2 Å². The number of nitrogens with zero attached hydrogens (tertiary/aromatic N) is 4. The fourth-order valence-electron chi connectivity index (χ4n) is 4.21. The molecule has 0 bridgehead atoms. The normalized spacial score (nSPS) is 25.0. The molecule has 2 fully saturated rings. The average molecular weight is 350 g/mol. The van der Waals surface area contributed by atoms with Crippen molar-refractivity contribution < 1.29 is 4.79 Å². The van der Waals surface area contributed by atoms with Crippen LogP contribution in [0.5, 0.6) is 0 Å². The zero-order valence-corrected chi connectivity index (χ0v) is 15.6. The van der Waals surface area contributed by atoms with Crippen molar-refractivity contribution in [2.45, 2.75) is 25.7 Å². The Hall–Kier alpha value is -0.950. The van der Waals surface area contributed by atoms with Gasteiger partial charge in [0.15, 0.2) is 0 Å². The zero-order valence-electron chi connectivity index (χ0n) is 15.6. The van der Waals surface area contributed by atoms with Crippen LogP contribution in [0.3, 0.4) is 0 Å². The molecule has 6 heteroatoms. The second-order valence-electron chi connectivity index (χ2n) is 7.81. The lowest BCUT2D eigenvalue weighted by Gasteiger charge is -2.31. The maximum Gasteiger partial charge on any atom is 0.220 e. The van der Waals surface area contributed by atoms with Gasteiger partial charge in [-0.1, -0.05) is 12.2 Å². The van der Waals surface area contributed by atoms with Gasteiger partial charge >= 0.3 is 0 Å². The predicted octanol–water partition coefficient (Wildman–Crippen LogP) is 0.411. The molecule has 0 aromatic rings. The van der Waals surface area contributed by atoms with Crippen LogP contribution in [0, 0.1) is 5.92 Å². The van der Waals surface area contributed by atoms with Crippen LogP contribution in [0.1, 0.15) is 25.7 Å². The van der Waals surface area contributed by atoms with Crippen molar-refractivity contribution in [1.29, 1.82) is 0 Å². The molecule has 25 heavy (non-hydrogen) atoms. The van der Waals surface area contributed by atoms with Crippen molar-refractivity contribution in [2.24, 2.45) is 11.7 Å². The first-order chi connectivity index (χ1) is 12.2. The lowest BCUT2D eigenvalue weighted by molar-refractivity contribution is -0.123. The molecule has 1 amide bonds. The lowest BCUT2D eigenvalue weighted by Crippen LogP contribution is -2.42. The molecule has 0 atom stereocenters. The van der Waals surface area contributed by atoms with E-state index in [0.29, 0.717) is 0 Å². The summed E-state index contributed by atoms with van der Waals surface area (Å²) in [4.78, 5) is 21.5. The molecule has 3 aliphatic rings. The topological polar surface area (TPSA) is 56.1 Å². The molecule has 0 aromatic heterocycles. The Morgan fingerprint density at radius 3 is 2.20 bits per heavy atom. The van der Waals surface area contributed by atoms with E-state index >= 15 is 0 Å². The van der Waals surface area contributed by atoms with Gasteiger partial charge in [-0.2, -0.15) is 0 Å². The number of hydrogen-bond acceptors (Lipinski definition) is 5. The van der Waals surface area contributed by atoms with Crippen LogP contribution in [0.2, 0.25) is 0 Å². The summed E-state index contributed by atoms with van der Waals surface area (Å²) in [7, 11) is 0. The van der Waals surface area contributed by atoms with Crippen LogP contribution in [0.25, 0.3) is 0 Å². The van der Waals surface area contributed by atoms with Crippen LogP contribution < -0.4 is 5.73 Å². The molecule has 0 unspecified atom stereocenters. The number of piperidine rings is 1. The summed E-state index contributed by atoms with van der Waals surface area (Å²) < 4.78 is 0. The number of carbonyl (C=O) groups is 1. The third kappa shape index (κ3) is 6.06. The van der Waals surface area contributed by atoms with E-state index < -0.39 is 0 Å². The van der Waals surface area contributed by atoms with Gasteiger partial charge in [0.05, 0.1) is 6.67 Å². The number of rotatable bonds is 8. The van der Waals surface area contributed by atoms with Gasteiger partial charge in [0.2, 0.25) is 5.91 Å². The molecule has 0 aliphatic carbocycles. The van der Waals surface area contributed by atoms with Crippen LogP contribution >= 0.6 is 0 Å². The molecule has 142 valence electrons. The standard InChI is InChI=1S/C19H35N5O/c20-19(25)18-5-11-22(12-6-18)13-14-24-16-15-23(17-24)10-4-9-21-7-2-1-3-8-21/h1-2,18H,3-17H2,(H2,20,25). The van der Waals surface area contributed by atoms with Crippen molar-refractivity contribution in [1.82, 2.24) is 19.6 Å². The Morgan fingerprint density at radius 2 is 1.52 bits per heavy atom. The van der Waals surface area contributed by atoms with Gasteiger partial charge < -0.3 is 10.6 Å². The van der Waals surface area contributed by atoms with E-state index in [2.05, 4.69) is 31.8 Å². The molecule has 6 nitrogen and oxygen atoms in total. The number of nitrogens with two attached hydrogens (primary N) is 1. The highest BCUT2D eigenvalue weighted by Crippen LogP contribution is 2.16. The molecule has 0 saturated carbocycles. The predicted molar refractivity (Wildman–Crippen MR) is 101 cm³/mol. The minimum absolute atomic E-state index is 0.105. The molecule has 0 aromatic carbocycles. The van der Waals surface area contributed by atoms with E-state index in [0.717, 1.165) is 52.2 Å². The van der Waals surface area contributed by atoms with Crippen molar-refractivity contribution in [3.05, 3.63) is 12.2 Å². The van der Waals surface area contributed by atoms with Gasteiger partial charge in [-0.25, -0.2) is 0 Å². The Labute approximate surface area is 152 Å². The summed E-state index contributed by atoms with van der Waals surface area (Å²) in [5.74, 6) is -0.00988. The van der Waals surface area contributed by atoms with Crippen LogP contribution in [-0.2, 0) is 4.79 Å². The van der Waals surface area contributed by atoms with Crippen LogP contribution in [0.4, 0.5) is 0 Å². The van der Waals surface area contributed by atoms with Gasteiger partial charge in [0, 0.05) is 51.7 Å². The molecule has 0 radical (unpaired) electrons. The Balaban J connectivity index is 1.24. The first-order valence-corrected chi connectivity index (χ1v) is 10.0. The SMILES string of the molecule is NC(=O)C1CCN(CCN2CCN(CCCN3CC=CCC3)C2)CC1. The largest absolute Gasteiger partial charge is 0.369 e. The van der Waals surface area contributed by atoms with Gasteiger partial charge in [-0.3, -0.25) is 19.5 Å². The van der Waals surface area contributed by atoms with Crippen molar-refractivity contribution in [3.63, 3.8) is 0 Å². The highest BCUT2D eigenvalue weighted by Gasteiger charge is 2.24. The van der Waals surface area contributed by atoms with E-state index in [4.69, 9.17) is 5.73 Å². The van der Waals surface area contributed by atoms with Crippen molar-refractivity contribution in [3.8, 4) is 0 Å². The second-order valence-corrected chi connectivity index (χ2v) is 7.81. The molecule has 3 heterocycles. The second kappa shape index (κ2) is 9.67. The lowest BCUT2D eigenvalue weighted by atomic mass is 9.96. The highest BCUT2D eigenvalue weighted by atomic mass is 16.1. The average Bonchev–Trinajstić information content (AvgIpc) is 3.09. The number of primary amides is 1. The fourth-order valence-corrected chi connectivity index (χ4v) is 4.21. The van der Waals surface area contributed by atoms with Gasteiger partial charge in [-0.05, 0) is 45.3 Å². The first kappa shape index (κ1) is 18.8. The quantitative estimate of drug-likeness (QED) is 0.644. The summed E-state index contributed by atoms with van der Waals surface area (Å²) in [6.45, 7) is 12.7. The summed E-state index contributed by atoms with van der Waals surface area (Å²) in [5.41, 5.74) is 5.41. The number of likely N-dealkylation sites (tertiary alicyclic amines) is 1. The third-order valence-electron chi connectivity index (χ3n) is 5.95. The first-order valence-electron chi connectivity index (χ1n) is 10.0. The van der Waals surface area contributed by atoms with Gasteiger partial charge in [0.25, 0.3) is 0 Å². The van der Waals surface area contributed by atoms with Crippen molar-refractivity contribution in [2.75, 3.05) is 72.1 Å². The maximum absolute atomic E-state index is 11.2. The minimum Gasteiger partial charge on any atom is -0.369 e. The summed E-state index contributed by atoms with van der Waals surface area (Å²) in [6.07, 6.45) is 8.97. The molecule has 3 rings (SSSR count). The van der Waals surface area contributed by atoms with Gasteiger partial charge in [-0.15, -0.1) is 0 Å². The molecular weight excluding hydrogens is 314 g/mol.